The minimum Gasteiger partial charge on any atom is -0.351 e. The first-order valence-corrected chi connectivity index (χ1v) is 6.93. The van der Waals surface area contributed by atoms with Crippen LogP contribution in [0.15, 0.2) is 17.3 Å². The van der Waals surface area contributed by atoms with Gasteiger partial charge in [-0.1, -0.05) is 6.92 Å². The van der Waals surface area contributed by atoms with Crippen LogP contribution in [0.1, 0.15) is 31.3 Å². The summed E-state index contributed by atoms with van der Waals surface area (Å²) in [6.45, 7) is 7.09. The van der Waals surface area contributed by atoms with E-state index < -0.39 is 0 Å². The van der Waals surface area contributed by atoms with Gasteiger partial charge in [0.1, 0.15) is 5.82 Å². The van der Waals surface area contributed by atoms with Crippen molar-refractivity contribution in [1.82, 2.24) is 20.2 Å². The third-order valence-electron chi connectivity index (χ3n) is 3.56. The first-order valence-electron chi connectivity index (χ1n) is 6.93. The molecule has 1 aliphatic rings. The summed E-state index contributed by atoms with van der Waals surface area (Å²) in [6.07, 6.45) is 4.28. The number of piperidine rings is 1. The molecule has 0 unspecified atom stereocenters. The fourth-order valence-electron chi connectivity index (χ4n) is 2.33. The molecule has 0 atom stereocenters. The maximum absolute atomic E-state index is 4.39. The highest BCUT2D eigenvalue weighted by molar-refractivity contribution is 14.0. The topological polar surface area (TPSA) is 53.4 Å². The Balaban J connectivity index is 0.00000200. The monoisotopic (exact) mass is 389 g/mol. The van der Waals surface area contributed by atoms with Gasteiger partial charge in [-0.2, -0.15) is 0 Å². The molecule has 1 N–H and O–H groups in total. The number of hydrogen-bond donors (Lipinski definition) is 1. The average Bonchev–Trinajstić information content (AvgIpc) is 2.41. The van der Waals surface area contributed by atoms with Crippen molar-refractivity contribution < 1.29 is 0 Å². The van der Waals surface area contributed by atoms with Crippen molar-refractivity contribution in [2.75, 3.05) is 20.1 Å². The lowest BCUT2D eigenvalue weighted by Gasteiger charge is -2.32. The van der Waals surface area contributed by atoms with Crippen LogP contribution in [-0.2, 0) is 6.54 Å². The van der Waals surface area contributed by atoms with E-state index in [-0.39, 0.29) is 24.0 Å². The summed E-state index contributed by atoms with van der Waals surface area (Å²) in [5, 5.41) is 3.38. The normalized spacial score (nSPS) is 16.8. The number of likely N-dealkylation sites (tertiary alicyclic amines) is 1. The third kappa shape index (κ3) is 4.88. The van der Waals surface area contributed by atoms with E-state index in [1.165, 1.54) is 12.8 Å². The Labute approximate surface area is 138 Å². The molecule has 1 fully saturated rings. The Bertz CT molecular complexity index is 441. The number of aryl methyl sites for hydroxylation is 1. The Morgan fingerprint density at radius 3 is 2.75 bits per heavy atom. The van der Waals surface area contributed by atoms with Gasteiger partial charge in [-0.25, -0.2) is 9.97 Å². The molecule has 1 aromatic heterocycles. The molecule has 112 valence electrons. The number of rotatable bonds is 2. The van der Waals surface area contributed by atoms with E-state index in [1.807, 2.05) is 20.0 Å². The fourth-order valence-corrected chi connectivity index (χ4v) is 2.33. The lowest BCUT2D eigenvalue weighted by Crippen LogP contribution is -2.45. The Morgan fingerprint density at radius 2 is 2.15 bits per heavy atom. The van der Waals surface area contributed by atoms with Gasteiger partial charge in [-0.3, -0.25) is 4.99 Å². The summed E-state index contributed by atoms with van der Waals surface area (Å²) in [5.41, 5.74) is 0.999. The lowest BCUT2D eigenvalue weighted by atomic mass is 10.00. The van der Waals surface area contributed by atoms with Gasteiger partial charge >= 0.3 is 0 Å². The molecular formula is C14H24IN5. The number of halogens is 1. The van der Waals surface area contributed by atoms with Gasteiger partial charge in [0.15, 0.2) is 5.96 Å². The SMILES string of the molecule is CN=C(NCc1ccnc(C)n1)N1CCC(C)CC1.I. The molecule has 1 aromatic rings. The van der Waals surface area contributed by atoms with Gasteiger partial charge in [-0.15, -0.1) is 24.0 Å². The number of nitrogens with one attached hydrogen (secondary N) is 1. The molecule has 0 spiro atoms. The highest BCUT2D eigenvalue weighted by atomic mass is 127. The standard InChI is InChI=1S/C14H23N5.HI/c1-11-5-8-19(9-6-11)14(15-3)17-10-13-4-7-16-12(2)18-13;/h4,7,11H,5-6,8-10H2,1-3H3,(H,15,17);1H. The molecular weight excluding hydrogens is 365 g/mol. The molecule has 0 aliphatic carbocycles. The number of hydrogen-bond acceptors (Lipinski definition) is 3. The van der Waals surface area contributed by atoms with E-state index in [0.717, 1.165) is 36.5 Å². The maximum atomic E-state index is 4.39. The van der Waals surface area contributed by atoms with Crippen LogP contribution >= 0.6 is 24.0 Å². The van der Waals surface area contributed by atoms with Gasteiger partial charge in [0.05, 0.1) is 12.2 Å². The van der Waals surface area contributed by atoms with Crippen molar-refractivity contribution in [3.8, 4) is 0 Å². The molecule has 0 saturated carbocycles. The molecule has 2 heterocycles. The van der Waals surface area contributed by atoms with Gasteiger partial charge in [-0.05, 0) is 31.7 Å². The van der Waals surface area contributed by atoms with Gasteiger partial charge in [0, 0.05) is 26.3 Å². The van der Waals surface area contributed by atoms with Crippen LogP contribution in [0.5, 0.6) is 0 Å². The predicted octanol–water partition coefficient (Wildman–Crippen LogP) is 2.21. The van der Waals surface area contributed by atoms with Crippen molar-refractivity contribution in [2.45, 2.75) is 33.2 Å². The Kier molecular flexibility index (Phi) is 7.18. The van der Waals surface area contributed by atoms with Crippen molar-refractivity contribution >= 4 is 29.9 Å². The van der Waals surface area contributed by atoms with Crippen LogP contribution in [0.2, 0.25) is 0 Å². The summed E-state index contributed by atoms with van der Waals surface area (Å²) in [6, 6.07) is 1.94. The van der Waals surface area contributed by atoms with Gasteiger partial charge in [0.25, 0.3) is 0 Å². The van der Waals surface area contributed by atoms with Crippen LogP contribution in [0.4, 0.5) is 0 Å². The smallest absolute Gasteiger partial charge is 0.193 e. The minimum absolute atomic E-state index is 0. The van der Waals surface area contributed by atoms with Crippen molar-refractivity contribution in [1.29, 1.82) is 0 Å². The van der Waals surface area contributed by atoms with Crippen LogP contribution < -0.4 is 5.32 Å². The van der Waals surface area contributed by atoms with Gasteiger partial charge in [0.2, 0.25) is 0 Å². The third-order valence-corrected chi connectivity index (χ3v) is 3.56. The predicted molar refractivity (Wildman–Crippen MR) is 92.4 cm³/mol. The van der Waals surface area contributed by atoms with Crippen molar-refractivity contribution in [2.24, 2.45) is 10.9 Å². The first-order chi connectivity index (χ1) is 9.19. The summed E-state index contributed by atoms with van der Waals surface area (Å²) in [7, 11) is 1.84. The van der Waals surface area contributed by atoms with Crippen LogP contribution in [-0.4, -0.2) is 41.0 Å². The zero-order valence-electron chi connectivity index (χ0n) is 12.5. The first kappa shape index (κ1) is 17.1. The summed E-state index contributed by atoms with van der Waals surface area (Å²) in [4.78, 5) is 15.2. The Morgan fingerprint density at radius 1 is 1.45 bits per heavy atom. The Hall–Kier alpha value is -0.920. The molecule has 5 nitrogen and oxygen atoms in total. The van der Waals surface area contributed by atoms with Gasteiger partial charge < -0.3 is 10.2 Å². The molecule has 1 aliphatic heterocycles. The highest BCUT2D eigenvalue weighted by Crippen LogP contribution is 2.15. The van der Waals surface area contributed by atoms with E-state index in [1.54, 1.807) is 6.20 Å². The quantitative estimate of drug-likeness (QED) is 0.479. The highest BCUT2D eigenvalue weighted by Gasteiger charge is 2.18. The zero-order chi connectivity index (χ0) is 13.7. The molecule has 20 heavy (non-hydrogen) atoms. The molecule has 0 bridgehead atoms. The van der Waals surface area contributed by atoms with E-state index >= 15 is 0 Å². The van der Waals surface area contributed by atoms with Crippen molar-refractivity contribution in [3.05, 3.63) is 23.8 Å². The fraction of sp³-hybridized carbons (Fsp3) is 0.643. The molecule has 0 amide bonds. The van der Waals surface area contributed by atoms with E-state index in [2.05, 4.69) is 32.1 Å². The molecule has 2 rings (SSSR count). The van der Waals surface area contributed by atoms with E-state index in [4.69, 9.17) is 0 Å². The van der Waals surface area contributed by atoms with Crippen molar-refractivity contribution in [3.63, 3.8) is 0 Å². The van der Waals surface area contributed by atoms with Crippen LogP contribution in [0, 0.1) is 12.8 Å². The number of guanidine groups is 1. The zero-order valence-corrected chi connectivity index (χ0v) is 14.8. The molecule has 1 saturated heterocycles. The summed E-state index contributed by atoms with van der Waals surface area (Å²) in [5.74, 6) is 2.61. The minimum atomic E-state index is 0. The van der Waals surface area contributed by atoms with E-state index in [0.29, 0.717) is 6.54 Å². The second kappa shape index (κ2) is 8.39. The summed E-state index contributed by atoms with van der Waals surface area (Å²) < 4.78 is 0. The number of nitrogens with zero attached hydrogens (tertiary/aromatic N) is 4. The second-order valence-corrected chi connectivity index (χ2v) is 5.17. The average molecular weight is 389 g/mol. The number of aromatic nitrogens is 2. The summed E-state index contributed by atoms with van der Waals surface area (Å²) >= 11 is 0. The maximum Gasteiger partial charge on any atom is 0.193 e. The molecule has 0 radical (unpaired) electrons. The lowest BCUT2D eigenvalue weighted by molar-refractivity contribution is 0.273. The van der Waals surface area contributed by atoms with Crippen LogP contribution in [0.3, 0.4) is 0 Å². The number of aliphatic imine (C=N–C) groups is 1. The molecule has 6 heteroatoms. The van der Waals surface area contributed by atoms with E-state index in [9.17, 15) is 0 Å². The van der Waals surface area contributed by atoms with Crippen LogP contribution in [0.25, 0.3) is 0 Å². The second-order valence-electron chi connectivity index (χ2n) is 5.17. The largest absolute Gasteiger partial charge is 0.351 e. The molecule has 0 aromatic carbocycles.